The number of unbranched alkanes of at least 4 members (excludes halogenated alkanes) is 4. The van der Waals surface area contributed by atoms with Crippen LogP contribution in [0.1, 0.15) is 68.8 Å². The molecule has 1 amide bonds. The van der Waals surface area contributed by atoms with Gasteiger partial charge in [0.1, 0.15) is 5.75 Å². The molecule has 2 aromatic carbocycles. The van der Waals surface area contributed by atoms with Gasteiger partial charge in [-0.05, 0) is 68.7 Å². The molecule has 0 spiro atoms. The summed E-state index contributed by atoms with van der Waals surface area (Å²) in [5.41, 5.74) is 0.411. The highest BCUT2D eigenvalue weighted by atomic mass is 35.5. The minimum absolute atomic E-state index is 0.0142. The summed E-state index contributed by atoms with van der Waals surface area (Å²) in [4.78, 5) is 26.2. The van der Waals surface area contributed by atoms with E-state index >= 15 is 0 Å². The zero-order valence-corrected chi connectivity index (χ0v) is 20.0. The Balaban J connectivity index is 2.01. The zero-order valence-electron chi connectivity index (χ0n) is 19.3. The Kier molecular flexibility index (Phi) is 10.0. The van der Waals surface area contributed by atoms with E-state index in [1.807, 2.05) is 17.0 Å². The molecule has 0 aliphatic rings. The van der Waals surface area contributed by atoms with Gasteiger partial charge in [-0.15, -0.1) is 0 Å². The van der Waals surface area contributed by atoms with Crippen LogP contribution < -0.4 is 4.74 Å². The van der Waals surface area contributed by atoms with Crippen LogP contribution in [0, 0.1) is 0 Å². The topological polar surface area (TPSA) is 66.8 Å². The van der Waals surface area contributed by atoms with Crippen molar-refractivity contribution in [1.29, 1.82) is 0 Å². The molecule has 6 heteroatoms. The summed E-state index contributed by atoms with van der Waals surface area (Å²) in [7, 11) is 0. The average molecular weight is 460 g/mol. The molecular weight excluding hydrogens is 426 g/mol. The van der Waals surface area contributed by atoms with Crippen LogP contribution in [0.15, 0.2) is 48.5 Å². The first-order valence-electron chi connectivity index (χ1n) is 11.3. The molecule has 0 unspecified atom stereocenters. The van der Waals surface area contributed by atoms with Crippen molar-refractivity contribution in [3.63, 3.8) is 0 Å². The summed E-state index contributed by atoms with van der Waals surface area (Å²) in [5.74, 6) is -0.497. The molecule has 0 fully saturated rings. The highest BCUT2D eigenvalue weighted by molar-refractivity contribution is 6.30. The lowest BCUT2D eigenvalue weighted by Gasteiger charge is -2.24. The Labute approximate surface area is 196 Å². The van der Waals surface area contributed by atoms with Crippen LogP contribution in [0.3, 0.4) is 0 Å². The van der Waals surface area contributed by atoms with Crippen molar-refractivity contribution in [3.8, 4) is 5.75 Å². The molecule has 0 aromatic heterocycles. The van der Waals surface area contributed by atoms with Gasteiger partial charge in [0.05, 0.1) is 0 Å². The Morgan fingerprint density at radius 3 is 2.16 bits per heavy atom. The predicted octanol–water partition coefficient (Wildman–Crippen LogP) is 6.24. The minimum atomic E-state index is -1.29. The maximum Gasteiger partial charge on any atom is 0.347 e. The van der Waals surface area contributed by atoms with E-state index in [4.69, 9.17) is 16.3 Å². The lowest BCUT2D eigenvalue weighted by atomic mass is 10.1. The Morgan fingerprint density at radius 1 is 0.938 bits per heavy atom. The number of aliphatic carboxylic acids is 1. The fraction of sp³-hybridized carbons (Fsp3) is 0.462. The van der Waals surface area contributed by atoms with Crippen molar-refractivity contribution < 1.29 is 19.4 Å². The molecule has 5 nitrogen and oxygen atoms in total. The van der Waals surface area contributed by atoms with Crippen LogP contribution in [-0.4, -0.2) is 40.6 Å². The first-order chi connectivity index (χ1) is 15.2. The van der Waals surface area contributed by atoms with Gasteiger partial charge in [0, 0.05) is 23.7 Å². The van der Waals surface area contributed by atoms with E-state index in [0.717, 1.165) is 24.9 Å². The lowest BCUT2D eigenvalue weighted by Crippen LogP contribution is -2.37. The molecule has 0 bridgehead atoms. The first kappa shape index (κ1) is 25.7. The van der Waals surface area contributed by atoms with E-state index in [1.54, 1.807) is 36.4 Å². The first-order valence-corrected chi connectivity index (χ1v) is 11.7. The summed E-state index contributed by atoms with van der Waals surface area (Å²) in [5, 5.41) is 9.82. The number of amides is 1. The predicted molar refractivity (Wildman–Crippen MR) is 129 cm³/mol. The number of ether oxygens (including phenoxy) is 1. The number of benzene rings is 2. The van der Waals surface area contributed by atoms with Gasteiger partial charge in [-0.3, -0.25) is 4.79 Å². The van der Waals surface area contributed by atoms with Crippen molar-refractivity contribution in [2.45, 2.75) is 64.9 Å². The maximum atomic E-state index is 13.1. The Hall–Kier alpha value is -2.53. The van der Waals surface area contributed by atoms with Crippen molar-refractivity contribution in [1.82, 2.24) is 4.90 Å². The molecule has 0 radical (unpaired) electrons. The molecule has 174 valence electrons. The molecular formula is C26H34ClNO4. The van der Waals surface area contributed by atoms with Crippen molar-refractivity contribution >= 4 is 23.5 Å². The van der Waals surface area contributed by atoms with Gasteiger partial charge in [0.2, 0.25) is 0 Å². The van der Waals surface area contributed by atoms with Crippen LogP contribution in [0.2, 0.25) is 5.02 Å². The third-order valence-electron chi connectivity index (χ3n) is 5.39. The van der Waals surface area contributed by atoms with Crippen molar-refractivity contribution in [3.05, 3.63) is 64.7 Å². The van der Waals surface area contributed by atoms with Crippen LogP contribution >= 0.6 is 11.6 Å². The summed E-state index contributed by atoms with van der Waals surface area (Å²) in [6, 6.07) is 14.4. The average Bonchev–Trinajstić information content (AvgIpc) is 2.76. The van der Waals surface area contributed by atoms with Gasteiger partial charge in [0.25, 0.3) is 5.91 Å². The van der Waals surface area contributed by atoms with Gasteiger partial charge in [-0.2, -0.15) is 0 Å². The Morgan fingerprint density at radius 2 is 1.56 bits per heavy atom. The molecule has 0 aliphatic carbocycles. The number of carbonyl (C=O) groups excluding carboxylic acids is 1. The number of carbonyl (C=O) groups is 2. The Bertz CT molecular complexity index is 862. The third-order valence-corrected chi connectivity index (χ3v) is 5.64. The van der Waals surface area contributed by atoms with E-state index in [-0.39, 0.29) is 5.91 Å². The molecule has 1 N–H and O–H groups in total. The van der Waals surface area contributed by atoms with E-state index in [2.05, 4.69) is 6.92 Å². The number of rotatable bonds is 13. The van der Waals surface area contributed by atoms with Gasteiger partial charge < -0.3 is 14.7 Å². The van der Waals surface area contributed by atoms with Gasteiger partial charge in [-0.25, -0.2) is 4.79 Å². The van der Waals surface area contributed by atoms with Crippen molar-refractivity contribution in [2.75, 3.05) is 13.1 Å². The molecule has 0 saturated heterocycles. The SMILES string of the molecule is CCCCCCCN(CCc1ccc(OC(C)(C)C(=O)O)cc1)C(=O)c1ccc(Cl)cc1. The number of carboxylic acids is 1. The van der Waals surface area contributed by atoms with E-state index < -0.39 is 11.6 Å². The van der Waals surface area contributed by atoms with Gasteiger partial charge >= 0.3 is 5.97 Å². The summed E-state index contributed by atoms with van der Waals surface area (Å²) >= 11 is 5.97. The fourth-order valence-corrected chi connectivity index (χ4v) is 3.45. The summed E-state index contributed by atoms with van der Waals surface area (Å²) in [6.45, 7) is 6.55. The van der Waals surface area contributed by atoms with Gasteiger partial charge in [0.15, 0.2) is 5.60 Å². The van der Waals surface area contributed by atoms with E-state index in [0.29, 0.717) is 29.3 Å². The van der Waals surface area contributed by atoms with Crippen LogP contribution in [-0.2, 0) is 11.2 Å². The van der Waals surface area contributed by atoms with E-state index in [9.17, 15) is 14.7 Å². The summed E-state index contributed by atoms with van der Waals surface area (Å²) < 4.78 is 5.56. The highest BCUT2D eigenvalue weighted by Gasteiger charge is 2.29. The maximum absolute atomic E-state index is 13.1. The molecule has 0 aliphatic heterocycles. The second kappa shape index (κ2) is 12.5. The molecule has 0 atom stereocenters. The van der Waals surface area contributed by atoms with E-state index in [1.165, 1.54) is 33.1 Å². The lowest BCUT2D eigenvalue weighted by molar-refractivity contribution is -0.152. The monoisotopic (exact) mass is 459 g/mol. The largest absolute Gasteiger partial charge is 0.478 e. The number of hydrogen-bond acceptors (Lipinski definition) is 3. The van der Waals surface area contributed by atoms with Crippen LogP contribution in [0.5, 0.6) is 5.75 Å². The standard InChI is InChI=1S/C26H34ClNO4/c1-4-5-6-7-8-18-28(24(29)21-11-13-22(27)14-12-21)19-17-20-9-15-23(16-10-20)32-26(2,3)25(30)31/h9-16H,4-8,17-19H2,1-3H3,(H,30,31). The normalized spacial score (nSPS) is 11.2. The van der Waals surface area contributed by atoms with Crippen molar-refractivity contribution in [2.24, 2.45) is 0 Å². The number of halogens is 1. The molecule has 2 rings (SSSR count). The van der Waals surface area contributed by atoms with Crippen LogP contribution in [0.25, 0.3) is 0 Å². The summed E-state index contributed by atoms with van der Waals surface area (Å²) in [6.07, 6.45) is 6.40. The number of hydrogen-bond donors (Lipinski definition) is 1. The highest BCUT2D eigenvalue weighted by Crippen LogP contribution is 2.20. The van der Waals surface area contributed by atoms with Crippen LogP contribution in [0.4, 0.5) is 0 Å². The third kappa shape index (κ3) is 8.19. The molecule has 0 saturated carbocycles. The zero-order chi connectivity index (χ0) is 23.6. The quantitative estimate of drug-likeness (QED) is 0.360. The molecule has 32 heavy (non-hydrogen) atoms. The smallest absolute Gasteiger partial charge is 0.347 e. The fourth-order valence-electron chi connectivity index (χ4n) is 3.32. The van der Waals surface area contributed by atoms with Gasteiger partial charge in [-0.1, -0.05) is 56.3 Å². The number of nitrogens with zero attached hydrogens (tertiary/aromatic N) is 1. The second-order valence-electron chi connectivity index (χ2n) is 8.52. The molecule has 2 aromatic rings. The second-order valence-corrected chi connectivity index (χ2v) is 8.96. The minimum Gasteiger partial charge on any atom is -0.478 e. The number of carboxylic acid groups (broad SMARTS) is 1. The molecule has 0 heterocycles.